The number of hydrogen-bond donors (Lipinski definition) is 1. The van der Waals surface area contributed by atoms with Crippen LogP contribution in [0, 0.1) is 6.92 Å². The number of hydrogen-bond acceptors (Lipinski definition) is 5. The first-order valence-corrected chi connectivity index (χ1v) is 14.5. The Bertz CT molecular complexity index is 1380. The molecule has 0 aliphatic carbocycles. The average molecular weight is 572 g/mol. The number of sulfonamides is 1. The Labute approximate surface area is 235 Å². The lowest BCUT2D eigenvalue weighted by Gasteiger charge is -2.33. The summed E-state index contributed by atoms with van der Waals surface area (Å²) in [5.74, 6) is -0.355. The van der Waals surface area contributed by atoms with Crippen LogP contribution in [0.1, 0.15) is 31.4 Å². The van der Waals surface area contributed by atoms with Crippen molar-refractivity contribution >= 4 is 39.1 Å². The van der Waals surface area contributed by atoms with Crippen molar-refractivity contribution in [3.05, 3.63) is 88.9 Å². The number of amides is 2. The van der Waals surface area contributed by atoms with Crippen LogP contribution in [0.15, 0.2) is 77.7 Å². The van der Waals surface area contributed by atoms with Gasteiger partial charge in [0.2, 0.25) is 11.8 Å². The molecule has 0 bridgehead atoms. The third-order valence-electron chi connectivity index (χ3n) is 6.25. The summed E-state index contributed by atoms with van der Waals surface area (Å²) in [7, 11) is -2.66. The van der Waals surface area contributed by atoms with Gasteiger partial charge in [-0.05, 0) is 68.3 Å². The number of ether oxygens (including phenoxy) is 1. The molecule has 8 nitrogen and oxygen atoms in total. The maximum absolute atomic E-state index is 13.9. The second kappa shape index (κ2) is 13.5. The third-order valence-corrected chi connectivity index (χ3v) is 8.41. The van der Waals surface area contributed by atoms with E-state index < -0.39 is 28.5 Å². The molecule has 1 atom stereocenters. The summed E-state index contributed by atoms with van der Waals surface area (Å²) in [5, 5.41) is 3.05. The van der Waals surface area contributed by atoms with E-state index in [1.54, 1.807) is 67.6 Å². The van der Waals surface area contributed by atoms with Crippen molar-refractivity contribution in [2.75, 3.05) is 24.5 Å². The molecule has 0 aliphatic heterocycles. The van der Waals surface area contributed by atoms with Gasteiger partial charge in [0.05, 0.1) is 17.2 Å². The number of nitrogens with one attached hydrogen (secondary N) is 1. The number of likely N-dealkylation sites (N-methyl/N-ethyl adjacent to an activating group) is 1. The van der Waals surface area contributed by atoms with E-state index in [4.69, 9.17) is 16.3 Å². The molecule has 0 spiro atoms. The van der Waals surface area contributed by atoms with Crippen molar-refractivity contribution in [1.82, 2.24) is 10.2 Å². The van der Waals surface area contributed by atoms with Crippen LogP contribution < -0.4 is 14.4 Å². The van der Waals surface area contributed by atoms with Crippen LogP contribution in [0.25, 0.3) is 0 Å². The van der Waals surface area contributed by atoms with Crippen LogP contribution in [0.5, 0.6) is 5.75 Å². The second-order valence-corrected chi connectivity index (χ2v) is 11.2. The first kappa shape index (κ1) is 30.0. The van der Waals surface area contributed by atoms with E-state index in [0.717, 1.165) is 9.87 Å². The zero-order valence-corrected chi connectivity index (χ0v) is 24.1. The Morgan fingerprint density at radius 1 is 0.974 bits per heavy atom. The largest absolute Gasteiger partial charge is 0.494 e. The number of halogens is 1. The van der Waals surface area contributed by atoms with Crippen molar-refractivity contribution in [2.45, 2.75) is 44.7 Å². The lowest BCUT2D eigenvalue weighted by atomic mass is 10.1. The maximum Gasteiger partial charge on any atom is 0.264 e. The highest BCUT2D eigenvalue weighted by atomic mass is 35.5. The van der Waals surface area contributed by atoms with E-state index in [-0.39, 0.29) is 17.3 Å². The number of benzene rings is 3. The first-order valence-electron chi connectivity index (χ1n) is 12.7. The minimum Gasteiger partial charge on any atom is -0.494 e. The molecule has 3 aromatic rings. The van der Waals surface area contributed by atoms with E-state index in [0.29, 0.717) is 35.1 Å². The predicted octanol–water partition coefficient (Wildman–Crippen LogP) is 4.80. The Morgan fingerprint density at radius 3 is 2.18 bits per heavy atom. The third kappa shape index (κ3) is 7.30. The number of anilines is 1. The second-order valence-electron chi connectivity index (χ2n) is 8.90. The zero-order valence-electron chi connectivity index (χ0n) is 22.6. The Kier molecular flexibility index (Phi) is 10.4. The molecular formula is C29H34ClN3O5S. The van der Waals surface area contributed by atoms with E-state index in [1.807, 2.05) is 13.8 Å². The number of nitrogens with zero attached hydrogens (tertiary/aromatic N) is 2. The van der Waals surface area contributed by atoms with Gasteiger partial charge in [0, 0.05) is 18.6 Å². The van der Waals surface area contributed by atoms with Crippen LogP contribution in [-0.4, -0.2) is 51.4 Å². The monoisotopic (exact) mass is 571 g/mol. The topological polar surface area (TPSA) is 96.0 Å². The van der Waals surface area contributed by atoms with E-state index in [2.05, 4.69) is 5.32 Å². The first-order chi connectivity index (χ1) is 18.6. The van der Waals surface area contributed by atoms with Gasteiger partial charge in [0.25, 0.3) is 10.0 Å². The van der Waals surface area contributed by atoms with Gasteiger partial charge < -0.3 is 15.0 Å². The van der Waals surface area contributed by atoms with Crippen LogP contribution in [0.4, 0.5) is 5.69 Å². The molecule has 0 heterocycles. The van der Waals surface area contributed by atoms with Gasteiger partial charge >= 0.3 is 0 Å². The molecule has 0 fully saturated rings. The van der Waals surface area contributed by atoms with E-state index in [9.17, 15) is 18.0 Å². The maximum atomic E-state index is 13.9. The summed E-state index contributed by atoms with van der Waals surface area (Å²) in [6.07, 6.45) is 0.325. The number of rotatable bonds is 12. The van der Waals surface area contributed by atoms with Gasteiger partial charge in [-0.25, -0.2) is 8.42 Å². The molecular weight excluding hydrogens is 538 g/mol. The molecule has 0 saturated heterocycles. The molecule has 0 saturated carbocycles. The van der Waals surface area contributed by atoms with Crippen molar-refractivity contribution in [3.63, 3.8) is 0 Å². The standard InChI is InChI=1S/C29H34ClN3O5S/c1-5-27(29(35)31-4)32(19-22-9-7-8-10-26(22)30)28(34)20-33(23-13-11-21(3)12-14-23)39(36,37)25-17-15-24(16-18-25)38-6-2/h7-18,27H,5-6,19-20H2,1-4H3,(H,31,35)/t27-/m1/s1. The summed E-state index contributed by atoms with van der Waals surface area (Å²) < 4.78 is 34.3. The number of carbonyl (C=O) groups excluding carboxylic acids is 2. The molecule has 0 aliphatic rings. The Balaban J connectivity index is 2.05. The predicted molar refractivity (Wildman–Crippen MR) is 153 cm³/mol. The van der Waals surface area contributed by atoms with Gasteiger partial charge in [-0.3, -0.25) is 13.9 Å². The molecule has 3 rings (SSSR count). The minimum absolute atomic E-state index is 0.00956. The highest BCUT2D eigenvalue weighted by Gasteiger charge is 2.33. The summed E-state index contributed by atoms with van der Waals surface area (Å²) in [5.41, 5.74) is 1.91. The SMILES string of the molecule is CCOc1ccc(S(=O)(=O)N(CC(=O)N(Cc2ccccc2Cl)[C@H](CC)C(=O)NC)c2ccc(C)cc2)cc1. The van der Waals surface area contributed by atoms with Crippen molar-refractivity contribution in [3.8, 4) is 5.75 Å². The Hall–Kier alpha value is -3.56. The fourth-order valence-corrected chi connectivity index (χ4v) is 5.75. The molecule has 10 heteroatoms. The molecule has 0 radical (unpaired) electrons. The van der Waals surface area contributed by atoms with Crippen molar-refractivity contribution < 1.29 is 22.7 Å². The summed E-state index contributed by atoms with van der Waals surface area (Å²) in [6, 6.07) is 19.1. The molecule has 1 N–H and O–H groups in total. The summed E-state index contributed by atoms with van der Waals surface area (Å²) in [6.45, 7) is 5.49. The van der Waals surface area contributed by atoms with Gasteiger partial charge in [0.1, 0.15) is 18.3 Å². The minimum atomic E-state index is -4.16. The van der Waals surface area contributed by atoms with E-state index >= 15 is 0 Å². The van der Waals surface area contributed by atoms with Gasteiger partial charge in [-0.2, -0.15) is 0 Å². The van der Waals surface area contributed by atoms with Crippen molar-refractivity contribution in [1.29, 1.82) is 0 Å². The molecule has 2 amide bonds. The van der Waals surface area contributed by atoms with Gasteiger partial charge in [-0.1, -0.05) is 54.4 Å². The van der Waals surface area contributed by atoms with Crippen molar-refractivity contribution in [2.24, 2.45) is 0 Å². The molecule has 0 unspecified atom stereocenters. The Morgan fingerprint density at radius 2 is 1.62 bits per heavy atom. The molecule has 3 aromatic carbocycles. The lowest BCUT2D eigenvalue weighted by Crippen LogP contribution is -2.51. The number of carbonyl (C=O) groups is 2. The zero-order chi connectivity index (χ0) is 28.6. The average Bonchev–Trinajstić information content (AvgIpc) is 2.93. The van der Waals surface area contributed by atoms with Gasteiger partial charge in [-0.15, -0.1) is 0 Å². The van der Waals surface area contributed by atoms with Crippen LogP contribution in [0.2, 0.25) is 5.02 Å². The van der Waals surface area contributed by atoms with Crippen LogP contribution >= 0.6 is 11.6 Å². The fraction of sp³-hybridized carbons (Fsp3) is 0.310. The van der Waals surface area contributed by atoms with Gasteiger partial charge in [0.15, 0.2) is 0 Å². The van der Waals surface area contributed by atoms with E-state index in [1.165, 1.54) is 24.1 Å². The fourth-order valence-electron chi connectivity index (χ4n) is 4.14. The highest BCUT2D eigenvalue weighted by Crippen LogP contribution is 2.27. The highest BCUT2D eigenvalue weighted by molar-refractivity contribution is 7.92. The lowest BCUT2D eigenvalue weighted by molar-refractivity contribution is -0.140. The molecule has 0 aromatic heterocycles. The molecule has 39 heavy (non-hydrogen) atoms. The quantitative estimate of drug-likeness (QED) is 0.337. The number of aryl methyl sites for hydroxylation is 1. The summed E-state index contributed by atoms with van der Waals surface area (Å²) in [4.78, 5) is 28.1. The normalized spacial score (nSPS) is 11.9. The van der Waals surface area contributed by atoms with Crippen LogP contribution in [-0.2, 0) is 26.2 Å². The van der Waals surface area contributed by atoms with Crippen LogP contribution in [0.3, 0.4) is 0 Å². The summed E-state index contributed by atoms with van der Waals surface area (Å²) >= 11 is 6.38. The molecule has 208 valence electrons. The smallest absolute Gasteiger partial charge is 0.264 e.